The van der Waals surface area contributed by atoms with Crippen LogP contribution in [0.5, 0.6) is 0 Å². The maximum absolute atomic E-state index is 12.7. The molecule has 0 spiro atoms. The van der Waals surface area contributed by atoms with E-state index in [2.05, 4.69) is 19.2 Å². The summed E-state index contributed by atoms with van der Waals surface area (Å²) in [5, 5.41) is 3.36. The van der Waals surface area contributed by atoms with Crippen molar-refractivity contribution in [2.24, 2.45) is 5.92 Å². The first-order valence-corrected chi connectivity index (χ1v) is 7.34. The largest absolute Gasteiger partial charge is 0.416 e. The lowest BCUT2D eigenvalue weighted by Gasteiger charge is -2.17. The zero-order valence-electron chi connectivity index (χ0n) is 12.3. The summed E-state index contributed by atoms with van der Waals surface area (Å²) < 4.78 is 38.1. The van der Waals surface area contributed by atoms with Crippen LogP contribution in [0, 0.1) is 5.92 Å². The summed E-state index contributed by atoms with van der Waals surface area (Å²) in [4.78, 5) is 0. The van der Waals surface area contributed by atoms with E-state index in [-0.39, 0.29) is 0 Å². The van der Waals surface area contributed by atoms with Gasteiger partial charge in [-0.3, -0.25) is 0 Å². The van der Waals surface area contributed by atoms with Crippen molar-refractivity contribution >= 4 is 0 Å². The van der Waals surface area contributed by atoms with Gasteiger partial charge in [-0.25, -0.2) is 0 Å². The summed E-state index contributed by atoms with van der Waals surface area (Å²) in [5.41, 5.74) is 0.225. The van der Waals surface area contributed by atoms with E-state index in [0.29, 0.717) is 12.3 Å². The van der Waals surface area contributed by atoms with Crippen molar-refractivity contribution in [3.05, 3.63) is 35.4 Å². The molecule has 0 saturated carbocycles. The van der Waals surface area contributed by atoms with Gasteiger partial charge in [-0.2, -0.15) is 13.2 Å². The maximum atomic E-state index is 12.7. The number of rotatable bonds is 8. The lowest BCUT2D eigenvalue weighted by atomic mass is 9.94. The highest BCUT2D eigenvalue weighted by molar-refractivity contribution is 5.26. The van der Waals surface area contributed by atoms with Gasteiger partial charge in [-0.05, 0) is 49.9 Å². The number of nitrogens with one attached hydrogen (secondary N) is 1. The Morgan fingerprint density at radius 1 is 1.15 bits per heavy atom. The fourth-order valence-electron chi connectivity index (χ4n) is 2.38. The van der Waals surface area contributed by atoms with E-state index in [1.54, 1.807) is 6.07 Å². The number of benzene rings is 1. The fraction of sp³-hybridized carbons (Fsp3) is 0.625. The molecule has 0 aromatic heterocycles. The van der Waals surface area contributed by atoms with E-state index in [9.17, 15) is 13.2 Å². The van der Waals surface area contributed by atoms with Crippen LogP contribution in [0.25, 0.3) is 0 Å². The second kappa shape index (κ2) is 8.30. The van der Waals surface area contributed by atoms with Crippen LogP contribution in [0.3, 0.4) is 0 Å². The summed E-state index contributed by atoms with van der Waals surface area (Å²) in [6, 6.07) is 5.70. The monoisotopic (exact) mass is 287 g/mol. The van der Waals surface area contributed by atoms with Crippen LogP contribution in [-0.2, 0) is 12.6 Å². The summed E-state index contributed by atoms with van der Waals surface area (Å²) in [6.45, 7) is 6.05. The molecule has 0 bridgehead atoms. The first-order chi connectivity index (χ1) is 9.47. The van der Waals surface area contributed by atoms with Crippen LogP contribution in [0.4, 0.5) is 13.2 Å². The van der Waals surface area contributed by atoms with Crippen molar-refractivity contribution in [3.8, 4) is 0 Å². The molecule has 0 fully saturated rings. The molecule has 1 nitrogen and oxygen atoms in total. The minimum atomic E-state index is -4.25. The highest BCUT2D eigenvalue weighted by Crippen LogP contribution is 2.30. The zero-order valence-corrected chi connectivity index (χ0v) is 12.3. The van der Waals surface area contributed by atoms with E-state index in [4.69, 9.17) is 0 Å². The number of halogens is 3. The van der Waals surface area contributed by atoms with Crippen LogP contribution >= 0.6 is 0 Å². The average Bonchev–Trinajstić information content (AvgIpc) is 2.38. The SMILES string of the molecule is CCCNCC(CCC)Cc1cccc(C(F)(F)F)c1. The van der Waals surface area contributed by atoms with Crippen LogP contribution in [0.2, 0.25) is 0 Å². The molecule has 1 aromatic carbocycles. The number of hydrogen-bond acceptors (Lipinski definition) is 1. The van der Waals surface area contributed by atoms with Gasteiger partial charge >= 0.3 is 6.18 Å². The zero-order chi connectivity index (χ0) is 15.0. The van der Waals surface area contributed by atoms with Gasteiger partial charge in [0, 0.05) is 0 Å². The Morgan fingerprint density at radius 2 is 1.90 bits per heavy atom. The molecule has 20 heavy (non-hydrogen) atoms. The van der Waals surface area contributed by atoms with Gasteiger partial charge in [0.25, 0.3) is 0 Å². The lowest BCUT2D eigenvalue weighted by molar-refractivity contribution is -0.137. The molecule has 0 radical (unpaired) electrons. The van der Waals surface area contributed by atoms with Gasteiger partial charge < -0.3 is 5.32 Å². The molecule has 1 unspecified atom stereocenters. The molecular weight excluding hydrogens is 263 g/mol. The lowest BCUT2D eigenvalue weighted by Crippen LogP contribution is -2.25. The van der Waals surface area contributed by atoms with Crippen LogP contribution < -0.4 is 5.32 Å². The van der Waals surface area contributed by atoms with Gasteiger partial charge in [-0.15, -0.1) is 0 Å². The Balaban J connectivity index is 2.67. The van der Waals surface area contributed by atoms with Crippen LogP contribution in [-0.4, -0.2) is 13.1 Å². The van der Waals surface area contributed by atoms with E-state index in [1.165, 1.54) is 12.1 Å². The quantitative estimate of drug-likeness (QED) is 0.685. The molecule has 114 valence electrons. The summed E-state index contributed by atoms with van der Waals surface area (Å²) >= 11 is 0. The Hall–Kier alpha value is -1.03. The third-order valence-corrected chi connectivity index (χ3v) is 3.34. The van der Waals surface area contributed by atoms with Crippen molar-refractivity contribution in [2.45, 2.75) is 45.7 Å². The molecule has 0 aliphatic carbocycles. The first-order valence-electron chi connectivity index (χ1n) is 7.34. The predicted molar refractivity (Wildman–Crippen MR) is 76.7 cm³/mol. The van der Waals surface area contributed by atoms with Gasteiger partial charge in [0.05, 0.1) is 5.56 Å². The van der Waals surface area contributed by atoms with Crippen molar-refractivity contribution in [3.63, 3.8) is 0 Å². The molecule has 0 aliphatic heterocycles. The van der Waals surface area contributed by atoms with E-state index in [0.717, 1.165) is 44.0 Å². The molecule has 0 amide bonds. The molecule has 1 N–H and O–H groups in total. The Labute approximate surface area is 119 Å². The minimum Gasteiger partial charge on any atom is -0.316 e. The van der Waals surface area contributed by atoms with Gasteiger partial charge in [-0.1, -0.05) is 38.5 Å². The van der Waals surface area contributed by atoms with Gasteiger partial charge in [0.1, 0.15) is 0 Å². The number of hydrogen-bond donors (Lipinski definition) is 1. The Kier molecular flexibility index (Phi) is 7.06. The highest BCUT2D eigenvalue weighted by Gasteiger charge is 2.30. The third-order valence-electron chi connectivity index (χ3n) is 3.34. The summed E-state index contributed by atoms with van der Waals surface area (Å²) in [6.07, 6.45) is -0.391. The maximum Gasteiger partial charge on any atom is 0.416 e. The summed E-state index contributed by atoms with van der Waals surface area (Å²) in [5.74, 6) is 0.398. The molecule has 0 aliphatic rings. The standard InChI is InChI=1S/C16H24F3N/c1-3-6-14(12-20-9-4-2)10-13-7-5-8-15(11-13)16(17,18)19/h5,7-8,11,14,20H,3-4,6,9-10,12H2,1-2H3. The van der Waals surface area contributed by atoms with Crippen LogP contribution in [0.1, 0.15) is 44.2 Å². The second-order valence-electron chi connectivity index (χ2n) is 5.26. The molecule has 1 aromatic rings. The van der Waals surface area contributed by atoms with Gasteiger partial charge in [0.15, 0.2) is 0 Å². The third kappa shape index (κ3) is 5.95. The molecule has 0 saturated heterocycles. The molecule has 0 heterocycles. The van der Waals surface area contributed by atoms with Crippen LogP contribution in [0.15, 0.2) is 24.3 Å². The predicted octanol–water partition coefficient (Wildman–Crippen LogP) is 4.66. The van der Waals surface area contributed by atoms with E-state index in [1.807, 2.05) is 0 Å². The average molecular weight is 287 g/mol. The molecule has 1 rings (SSSR count). The minimum absolute atomic E-state index is 0.398. The number of alkyl halides is 3. The van der Waals surface area contributed by atoms with Gasteiger partial charge in [0.2, 0.25) is 0 Å². The van der Waals surface area contributed by atoms with Crippen molar-refractivity contribution in [1.82, 2.24) is 5.32 Å². The fourth-order valence-corrected chi connectivity index (χ4v) is 2.38. The Morgan fingerprint density at radius 3 is 2.50 bits per heavy atom. The molecule has 1 atom stereocenters. The van der Waals surface area contributed by atoms with E-state index < -0.39 is 11.7 Å². The molecular formula is C16H24F3N. The normalized spacial score (nSPS) is 13.4. The summed E-state index contributed by atoms with van der Waals surface area (Å²) in [7, 11) is 0. The Bertz CT molecular complexity index is 388. The van der Waals surface area contributed by atoms with Crippen molar-refractivity contribution in [1.29, 1.82) is 0 Å². The van der Waals surface area contributed by atoms with Crippen molar-refractivity contribution in [2.75, 3.05) is 13.1 Å². The highest BCUT2D eigenvalue weighted by atomic mass is 19.4. The topological polar surface area (TPSA) is 12.0 Å². The van der Waals surface area contributed by atoms with Crippen molar-refractivity contribution < 1.29 is 13.2 Å². The first kappa shape index (κ1) is 17.0. The molecule has 4 heteroatoms. The smallest absolute Gasteiger partial charge is 0.316 e. The second-order valence-corrected chi connectivity index (χ2v) is 5.26. The van der Waals surface area contributed by atoms with E-state index >= 15 is 0 Å².